The Balaban J connectivity index is 1.55. The van der Waals surface area contributed by atoms with Crippen molar-refractivity contribution in [2.24, 2.45) is 5.41 Å². The maximum absolute atomic E-state index is 12.4. The van der Waals surface area contributed by atoms with Crippen LogP contribution in [0.1, 0.15) is 46.1 Å². The SMILES string of the molecule is Cc1ccc(S(=O)(=O)OC2CC3(C2)CN(C(=S)OC(C)(C)C)C3C)cc1. The minimum atomic E-state index is -3.71. The summed E-state index contributed by atoms with van der Waals surface area (Å²) in [6.45, 7) is 10.8. The molecule has 3 rings (SSSR count). The maximum Gasteiger partial charge on any atom is 0.297 e. The molecule has 1 aromatic carbocycles. The molecule has 2 fully saturated rings. The van der Waals surface area contributed by atoms with Crippen molar-refractivity contribution in [2.45, 2.75) is 70.1 Å². The third-order valence-corrected chi connectivity index (χ3v) is 7.00. The highest BCUT2D eigenvalue weighted by Crippen LogP contribution is 2.54. The normalized spacial score (nSPS) is 28.4. The fourth-order valence-corrected chi connectivity index (χ4v) is 5.24. The van der Waals surface area contributed by atoms with Crippen molar-refractivity contribution in [3.8, 4) is 0 Å². The summed E-state index contributed by atoms with van der Waals surface area (Å²) in [6.07, 6.45) is 1.20. The second-order valence-corrected chi connectivity index (χ2v) is 10.5. The van der Waals surface area contributed by atoms with Crippen LogP contribution in [0.25, 0.3) is 0 Å². The van der Waals surface area contributed by atoms with Crippen LogP contribution in [0, 0.1) is 12.3 Å². The predicted molar refractivity (Wildman–Crippen MR) is 105 cm³/mol. The quantitative estimate of drug-likeness (QED) is 0.573. The molecule has 2 aliphatic rings. The van der Waals surface area contributed by atoms with Crippen LogP contribution in [-0.4, -0.2) is 42.8 Å². The molecule has 5 nitrogen and oxygen atoms in total. The van der Waals surface area contributed by atoms with Gasteiger partial charge in [0.25, 0.3) is 15.3 Å². The standard InChI is InChI=1S/C19H27NO4S2/c1-13-6-8-16(9-7-13)26(21,22)24-15-10-19(11-15)12-20(14(19)2)17(25)23-18(3,4)5/h6-9,14-15H,10-12H2,1-5H3. The monoisotopic (exact) mass is 397 g/mol. The molecule has 0 amide bonds. The predicted octanol–water partition coefficient (Wildman–Crippen LogP) is 3.65. The molecular weight excluding hydrogens is 370 g/mol. The smallest absolute Gasteiger partial charge is 0.297 e. The summed E-state index contributed by atoms with van der Waals surface area (Å²) < 4.78 is 36.0. The summed E-state index contributed by atoms with van der Waals surface area (Å²) in [5, 5.41) is 0.521. The molecule has 0 radical (unpaired) electrons. The Morgan fingerprint density at radius 3 is 2.31 bits per heavy atom. The number of ether oxygens (including phenoxy) is 1. The Morgan fingerprint density at radius 2 is 1.81 bits per heavy atom. The van der Waals surface area contributed by atoms with Crippen molar-refractivity contribution in [1.29, 1.82) is 0 Å². The zero-order valence-electron chi connectivity index (χ0n) is 16.0. The van der Waals surface area contributed by atoms with E-state index in [1.165, 1.54) is 0 Å². The molecule has 26 heavy (non-hydrogen) atoms. The summed E-state index contributed by atoms with van der Waals surface area (Å²) in [6, 6.07) is 6.98. The third-order valence-electron chi connectivity index (χ3n) is 5.31. The van der Waals surface area contributed by atoms with E-state index in [4.69, 9.17) is 21.1 Å². The second kappa shape index (κ2) is 6.46. The Bertz CT molecular complexity index is 790. The van der Waals surface area contributed by atoms with Gasteiger partial charge in [-0.15, -0.1) is 0 Å². The van der Waals surface area contributed by atoms with Crippen molar-refractivity contribution in [1.82, 2.24) is 4.90 Å². The van der Waals surface area contributed by atoms with Crippen LogP contribution in [0.15, 0.2) is 29.2 Å². The van der Waals surface area contributed by atoms with E-state index >= 15 is 0 Å². The number of likely N-dealkylation sites (tertiary alicyclic amines) is 1. The van der Waals surface area contributed by atoms with Gasteiger partial charge < -0.3 is 9.64 Å². The third kappa shape index (κ3) is 3.75. The maximum atomic E-state index is 12.4. The molecule has 0 aromatic heterocycles. The van der Waals surface area contributed by atoms with Gasteiger partial charge >= 0.3 is 0 Å². The van der Waals surface area contributed by atoms with Crippen LogP contribution in [0.3, 0.4) is 0 Å². The number of aryl methyl sites for hydroxylation is 1. The zero-order valence-corrected chi connectivity index (χ0v) is 17.6. The number of nitrogens with zero attached hydrogens (tertiary/aromatic N) is 1. The molecule has 0 N–H and O–H groups in total. The zero-order chi connectivity index (χ0) is 19.3. The summed E-state index contributed by atoms with van der Waals surface area (Å²) in [5.41, 5.74) is 0.787. The van der Waals surface area contributed by atoms with Crippen molar-refractivity contribution in [3.63, 3.8) is 0 Å². The molecule has 1 heterocycles. The Kier molecular flexibility index (Phi) is 4.86. The van der Waals surface area contributed by atoms with Gasteiger partial charge in [-0.05, 0) is 71.8 Å². The average Bonchev–Trinajstić information content (AvgIpc) is 2.46. The molecule has 1 saturated carbocycles. The van der Waals surface area contributed by atoms with Crippen molar-refractivity contribution >= 4 is 27.5 Å². The molecule has 1 saturated heterocycles. The average molecular weight is 398 g/mol. The van der Waals surface area contributed by atoms with E-state index < -0.39 is 10.1 Å². The van der Waals surface area contributed by atoms with Gasteiger partial charge in [-0.1, -0.05) is 17.7 Å². The van der Waals surface area contributed by atoms with E-state index in [2.05, 4.69) is 11.8 Å². The highest BCUT2D eigenvalue weighted by atomic mass is 32.2. The largest absolute Gasteiger partial charge is 0.465 e. The van der Waals surface area contributed by atoms with E-state index in [1.807, 2.05) is 27.7 Å². The van der Waals surface area contributed by atoms with Crippen LogP contribution in [-0.2, 0) is 19.0 Å². The fraction of sp³-hybridized carbons (Fsp3) is 0.632. The van der Waals surface area contributed by atoms with Gasteiger partial charge in [0.2, 0.25) is 0 Å². The molecule has 0 bridgehead atoms. The van der Waals surface area contributed by atoms with Crippen molar-refractivity contribution < 1.29 is 17.3 Å². The lowest BCUT2D eigenvalue weighted by Gasteiger charge is -2.63. The lowest BCUT2D eigenvalue weighted by Crippen LogP contribution is -2.71. The van der Waals surface area contributed by atoms with E-state index in [-0.39, 0.29) is 28.1 Å². The van der Waals surface area contributed by atoms with Gasteiger partial charge in [-0.25, -0.2) is 0 Å². The molecule has 1 unspecified atom stereocenters. The van der Waals surface area contributed by atoms with Crippen molar-refractivity contribution in [3.05, 3.63) is 29.8 Å². The Labute approximate surface area is 161 Å². The van der Waals surface area contributed by atoms with Gasteiger partial charge in [0.1, 0.15) is 5.60 Å². The van der Waals surface area contributed by atoms with E-state index in [0.29, 0.717) is 5.17 Å². The first-order valence-electron chi connectivity index (χ1n) is 8.91. The molecule has 7 heteroatoms. The number of thiocarbonyl (C=S) groups is 1. The van der Waals surface area contributed by atoms with Crippen molar-refractivity contribution in [2.75, 3.05) is 6.54 Å². The summed E-state index contributed by atoms with van der Waals surface area (Å²) in [7, 11) is -3.71. The van der Waals surface area contributed by atoms with Gasteiger partial charge in [0.05, 0.1) is 11.0 Å². The van der Waals surface area contributed by atoms with Crippen LogP contribution in [0.4, 0.5) is 0 Å². The highest BCUT2D eigenvalue weighted by molar-refractivity contribution is 7.86. The van der Waals surface area contributed by atoms with Gasteiger partial charge in [0, 0.05) is 18.0 Å². The second-order valence-electron chi connectivity index (χ2n) is 8.54. The van der Waals surface area contributed by atoms with E-state index in [9.17, 15) is 8.42 Å². The first kappa shape index (κ1) is 19.6. The Morgan fingerprint density at radius 1 is 1.23 bits per heavy atom. The molecule has 1 aromatic rings. The van der Waals surface area contributed by atoms with Gasteiger partial charge in [0.15, 0.2) is 0 Å². The molecule has 1 atom stereocenters. The first-order valence-corrected chi connectivity index (χ1v) is 10.7. The summed E-state index contributed by atoms with van der Waals surface area (Å²) in [4.78, 5) is 2.29. The topological polar surface area (TPSA) is 55.8 Å². The lowest BCUT2D eigenvalue weighted by atomic mass is 9.57. The van der Waals surface area contributed by atoms with Gasteiger partial charge in [-0.3, -0.25) is 4.18 Å². The first-order chi connectivity index (χ1) is 11.9. The molecule has 1 aliphatic heterocycles. The Hall–Kier alpha value is -1.18. The number of hydrogen-bond donors (Lipinski definition) is 0. The summed E-state index contributed by atoms with van der Waals surface area (Å²) >= 11 is 5.39. The molecule has 1 spiro atoms. The van der Waals surface area contributed by atoms with E-state index in [0.717, 1.165) is 24.9 Å². The van der Waals surface area contributed by atoms with E-state index in [1.54, 1.807) is 24.3 Å². The number of hydrogen-bond acceptors (Lipinski definition) is 5. The summed E-state index contributed by atoms with van der Waals surface area (Å²) in [5.74, 6) is 0. The van der Waals surface area contributed by atoms with Gasteiger partial charge in [-0.2, -0.15) is 8.42 Å². The van der Waals surface area contributed by atoms with Crippen LogP contribution in [0.2, 0.25) is 0 Å². The minimum Gasteiger partial charge on any atom is -0.465 e. The van der Waals surface area contributed by atoms with Crippen LogP contribution >= 0.6 is 12.2 Å². The number of benzene rings is 1. The van der Waals surface area contributed by atoms with Crippen LogP contribution < -0.4 is 0 Å². The number of rotatable bonds is 3. The lowest BCUT2D eigenvalue weighted by molar-refractivity contribution is -0.140. The molecule has 144 valence electrons. The minimum absolute atomic E-state index is 0.0821. The molecular formula is C19H27NO4S2. The molecule has 1 aliphatic carbocycles. The highest BCUT2D eigenvalue weighted by Gasteiger charge is 2.60. The fourth-order valence-electron chi connectivity index (χ4n) is 3.69. The van der Waals surface area contributed by atoms with Crippen LogP contribution in [0.5, 0.6) is 0 Å².